The van der Waals surface area contributed by atoms with Gasteiger partial charge in [-0.25, -0.2) is 0 Å². The summed E-state index contributed by atoms with van der Waals surface area (Å²) in [5, 5.41) is 6.14. The molecule has 1 amide bonds. The van der Waals surface area contributed by atoms with E-state index in [0.717, 1.165) is 10.9 Å². The van der Waals surface area contributed by atoms with Crippen LogP contribution in [0.4, 0.5) is 0 Å². The fraction of sp³-hybridized carbons (Fsp3) is 0.385. The molecule has 5 heteroatoms. The van der Waals surface area contributed by atoms with Crippen LogP contribution in [-0.4, -0.2) is 16.6 Å². The van der Waals surface area contributed by atoms with Crippen LogP contribution in [0.3, 0.4) is 0 Å². The highest BCUT2D eigenvalue weighted by molar-refractivity contribution is 9.10. The van der Waals surface area contributed by atoms with E-state index < -0.39 is 0 Å². The molecule has 1 aromatic rings. The van der Waals surface area contributed by atoms with E-state index in [1.165, 1.54) is 0 Å². The predicted octanol–water partition coefficient (Wildman–Crippen LogP) is 3.24. The summed E-state index contributed by atoms with van der Waals surface area (Å²) in [6, 6.07) is 7.13. The molecule has 0 saturated heterocycles. The minimum atomic E-state index is -0.202. The molecular weight excluding hydrogens is 312 g/mol. The predicted molar refractivity (Wildman–Crippen MR) is 81.7 cm³/mol. The third kappa shape index (κ3) is 4.74. The summed E-state index contributed by atoms with van der Waals surface area (Å²) >= 11 is 8.44. The largest absolute Gasteiger partial charge is 0.358 e. The Bertz CT molecular complexity index is 443. The van der Waals surface area contributed by atoms with Gasteiger partial charge in [0.05, 0.1) is 0 Å². The smallest absolute Gasteiger partial charge is 0.257 e. The summed E-state index contributed by atoms with van der Waals surface area (Å²) < 4.78 is 0.937. The van der Waals surface area contributed by atoms with E-state index in [4.69, 9.17) is 12.2 Å². The zero-order valence-corrected chi connectivity index (χ0v) is 13.1. The molecular formula is C13H17BrN2OS. The van der Waals surface area contributed by atoms with Gasteiger partial charge in [0.2, 0.25) is 0 Å². The zero-order valence-electron chi connectivity index (χ0n) is 10.7. The van der Waals surface area contributed by atoms with Gasteiger partial charge in [0.1, 0.15) is 0 Å². The number of nitrogens with one attached hydrogen (secondary N) is 2. The number of hydrogen-bond donors (Lipinski definition) is 2. The summed E-state index contributed by atoms with van der Waals surface area (Å²) in [6.45, 7) is 6.13. The number of carbonyl (C=O) groups excluding carboxylic acids is 1. The van der Waals surface area contributed by atoms with E-state index in [1.54, 1.807) is 12.1 Å². The second-order valence-electron chi connectivity index (χ2n) is 4.65. The Morgan fingerprint density at radius 3 is 2.39 bits per heavy atom. The fourth-order valence-corrected chi connectivity index (χ4v) is 1.84. The van der Waals surface area contributed by atoms with Gasteiger partial charge in [0.25, 0.3) is 5.91 Å². The minimum Gasteiger partial charge on any atom is -0.358 e. The van der Waals surface area contributed by atoms with E-state index in [0.29, 0.717) is 10.7 Å². The average molecular weight is 329 g/mol. The maximum Gasteiger partial charge on any atom is 0.257 e. The molecule has 0 aromatic heterocycles. The van der Waals surface area contributed by atoms with Crippen molar-refractivity contribution < 1.29 is 4.79 Å². The molecule has 0 saturated carbocycles. The molecule has 0 aliphatic carbocycles. The van der Waals surface area contributed by atoms with Gasteiger partial charge in [-0.15, -0.1) is 0 Å². The molecule has 0 fully saturated rings. The zero-order chi connectivity index (χ0) is 13.8. The van der Waals surface area contributed by atoms with Crippen LogP contribution in [0.2, 0.25) is 0 Å². The standard InChI is InChI=1S/C13H17BrN2OS/c1-4-13(2,3)16-12(18)15-11(17)9-5-7-10(14)8-6-9/h5-8H,4H2,1-3H3,(H2,15,16,17,18). The summed E-state index contributed by atoms with van der Waals surface area (Å²) in [6.07, 6.45) is 0.918. The van der Waals surface area contributed by atoms with Gasteiger partial charge in [0.15, 0.2) is 5.11 Å². The molecule has 0 atom stereocenters. The highest BCUT2D eigenvalue weighted by atomic mass is 79.9. The van der Waals surface area contributed by atoms with Crippen LogP contribution in [0.15, 0.2) is 28.7 Å². The Balaban J connectivity index is 2.60. The van der Waals surface area contributed by atoms with Gasteiger partial charge in [-0.3, -0.25) is 10.1 Å². The first-order valence-corrected chi connectivity index (χ1v) is 6.93. The summed E-state index contributed by atoms with van der Waals surface area (Å²) in [5.74, 6) is -0.202. The molecule has 98 valence electrons. The monoisotopic (exact) mass is 328 g/mol. The van der Waals surface area contributed by atoms with Gasteiger partial charge >= 0.3 is 0 Å². The third-order valence-electron chi connectivity index (χ3n) is 2.67. The lowest BCUT2D eigenvalue weighted by Gasteiger charge is -2.26. The Kier molecular flexibility index (Phi) is 5.28. The Labute approximate surface area is 121 Å². The Morgan fingerprint density at radius 2 is 1.89 bits per heavy atom. The highest BCUT2D eigenvalue weighted by Crippen LogP contribution is 2.10. The van der Waals surface area contributed by atoms with Crippen molar-refractivity contribution in [2.24, 2.45) is 0 Å². The molecule has 3 nitrogen and oxygen atoms in total. The van der Waals surface area contributed by atoms with Crippen LogP contribution in [0.1, 0.15) is 37.6 Å². The van der Waals surface area contributed by atoms with Crippen molar-refractivity contribution in [2.45, 2.75) is 32.7 Å². The van der Waals surface area contributed by atoms with Gasteiger partial charge in [0, 0.05) is 15.6 Å². The SMILES string of the molecule is CCC(C)(C)NC(=S)NC(=O)c1ccc(Br)cc1. The van der Waals surface area contributed by atoms with Gasteiger partial charge < -0.3 is 5.32 Å². The average Bonchev–Trinajstić information content (AvgIpc) is 2.29. The Hall–Kier alpha value is -0.940. The lowest BCUT2D eigenvalue weighted by molar-refractivity contribution is 0.0976. The maximum atomic E-state index is 11.9. The molecule has 0 unspecified atom stereocenters. The lowest BCUT2D eigenvalue weighted by atomic mass is 10.0. The second kappa shape index (κ2) is 6.29. The molecule has 0 heterocycles. The van der Waals surface area contributed by atoms with Crippen LogP contribution < -0.4 is 10.6 Å². The van der Waals surface area contributed by atoms with Crippen LogP contribution in [0.5, 0.6) is 0 Å². The topological polar surface area (TPSA) is 41.1 Å². The van der Waals surface area contributed by atoms with Crippen LogP contribution in [0.25, 0.3) is 0 Å². The first-order valence-electron chi connectivity index (χ1n) is 5.73. The van der Waals surface area contributed by atoms with Gasteiger partial charge in [-0.2, -0.15) is 0 Å². The van der Waals surface area contributed by atoms with Crippen molar-refractivity contribution in [2.75, 3.05) is 0 Å². The number of benzene rings is 1. The van der Waals surface area contributed by atoms with E-state index >= 15 is 0 Å². The molecule has 2 N–H and O–H groups in total. The normalized spacial score (nSPS) is 10.9. The lowest BCUT2D eigenvalue weighted by Crippen LogP contribution is -2.49. The fourth-order valence-electron chi connectivity index (χ4n) is 1.20. The number of thiocarbonyl (C=S) groups is 1. The van der Waals surface area contributed by atoms with Crippen LogP contribution in [-0.2, 0) is 0 Å². The van der Waals surface area contributed by atoms with Gasteiger partial charge in [-0.1, -0.05) is 22.9 Å². The molecule has 0 aliphatic heterocycles. The summed E-state index contributed by atoms with van der Waals surface area (Å²) in [5.41, 5.74) is 0.459. The number of hydrogen-bond acceptors (Lipinski definition) is 2. The van der Waals surface area contributed by atoms with Crippen molar-refractivity contribution in [3.63, 3.8) is 0 Å². The molecule has 0 spiro atoms. The number of amides is 1. The number of carbonyl (C=O) groups is 1. The van der Waals surface area contributed by atoms with E-state index in [1.807, 2.05) is 26.0 Å². The van der Waals surface area contributed by atoms with Crippen LogP contribution in [0, 0.1) is 0 Å². The summed E-state index contributed by atoms with van der Waals surface area (Å²) in [4.78, 5) is 11.9. The Morgan fingerprint density at radius 1 is 1.33 bits per heavy atom. The van der Waals surface area contributed by atoms with Crippen molar-refractivity contribution >= 4 is 39.2 Å². The molecule has 1 rings (SSSR count). The minimum absolute atomic E-state index is 0.121. The van der Waals surface area contributed by atoms with Crippen LogP contribution >= 0.6 is 28.1 Å². The highest BCUT2D eigenvalue weighted by Gasteiger charge is 2.17. The molecule has 0 bridgehead atoms. The first-order chi connectivity index (χ1) is 8.34. The maximum absolute atomic E-state index is 11.9. The van der Waals surface area contributed by atoms with Crippen molar-refractivity contribution in [3.8, 4) is 0 Å². The summed E-state index contributed by atoms with van der Waals surface area (Å²) in [7, 11) is 0. The van der Waals surface area contributed by atoms with E-state index in [2.05, 4.69) is 33.5 Å². The van der Waals surface area contributed by atoms with Gasteiger partial charge in [-0.05, 0) is 56.8 Å². The number of halogens is 1. The van der Waals surface area contributed by atoms with Crippen molar-refractivity contribution in [1.82, 2.24) is 10.6 Å². The molecule has 18 heavy (non-hydrogen) atoms. The number of rotatable bonds is 3. The second-order valence-corrected chi connectivity index (χ2v) is 5.98. The van der Waals surface area contributed by atoms with E-state index in [9.17, 15) is 4.79 Å². The quantitative estimate of drug-likeness (QED) is 0.837. The molecule has 0 radical (unpaired) electrons. The molecule has 1 aromatic carbocycles. The van der Waals surface area contributed by atoms with Crippen molar-refractivity contribution in [3.05, 3.63) is 34.3 Å². The molecule has 0 aliphatic rings. The van der Waals surface area contributed by atoms with Crippen molar-refractivity contribution in [1.29, 1.82) is 0 Å². The van der Waals surface area contributed by atoms with E-state index in [-0.39, 0.29) is 11.4 Å². The third-order valence-corrected chi connectivity index (χ3v) is 3.40. The first kappa shape index (κ1) is 15.1.